The van der Waals surface area contributed by atoms with Crippen LogP contribution in [0.25, 0.3) is 0 Å². The molecule has 3 aromatic heterocycles. The van der Waals surface area contributed by atoms with E-state index in [4.69, 9.17) is 21.0 Å². The van der Waals surface area contributed by atoms with E-state index in [0.29, 0.717) is 22.9 Å². The van der Waals surface area contributed by atoms with Crippen LogP contribution >= 0.6 is 11.6 Å². The van der Waals surface area contributed by atoms with Gasteiger partial charge >= 0.3 is 6.01 Å². The van der Waals surface area contributed by atoms with Crippen molar-refractivity contribution in [2.24, 2.45) is 17.9 Å². The van der Waals surface area contributed by atoms with E-state index in [2.05, 4.69) is 49.2 Å². The number of nitrogens with zero attached hydrogens (tertiary/aromatic N) is 8. The molecule has 30 heavy (non-hydrogen) atoms. The molecule has 2 atom stereocenters. The maximum atomic E-state index is 6.50. The van der Waals surface area contributed by atoms with Crippen molar-refractivity contribution in [3.63, 3.8) is 0 Å². The number of anilines is 4. The first-order chi connectivity index (χ1) is 14.2. The summed E-state index contributed by atoms with van der Waals surface area (Å²) in [6, 6.07) is 0.596. The molecule has 5 rings (SSSR count). The normalized spacial score (nSPS) is 25.8. The van der Waals surface area contributed by atoms with Gasteiger partial charge in [0.25, 0.3) is 0 Å². The molecule has 11 heteroatoms. The summed E-state index contributed by atoms with van der Waals surface area (Å²) in [4.78, 5) is 13.5. The molecule has 0 aromatic carbocycles. The standard InChI is InChI=1S/C19H24ClN9O/c1-12-25-26-17(30-12)29-10-18(2)8-28(9-19(18,3)11-29)15-14(20)6-21-16(24-15)23-13-5-22-27(4)7-13/h5-7H,8-11H2,1-4H3,(H,21,23,24). The van der Waals surface area contributed by atoms with Gasteiger partial charge in [0, 0.05) is 57.2 Å². The van der Waals surface area contributed by atoms with Crippen LogP contribution in [0.3, 0.4) is 0 Å². The fraction of sp³-hybridized carbons (Fsp3) is 0.526. The van der Waals surface area contributed by atoms with Crippen LogP contribution in [0.1, 0.15) is 19.7 Å². The van der Waals surface area contributed by atoms with Crippen LogP contribution in [0.15, 0.2) is 23.0 Å². The second-order valence-electron chi connectivity index (χ2n) is 8.83. The molecule has 158 valence electrons. The predicted octanol–water partition coefficient (Wildman–Crippen LogP) is 2.65. The van der Waals surface area contributed by atoms with Gasteiger partial charge in [0.05, 0.1) is 18.1 Å². The van der Waals surface area contributed by atoms with Crippen LogP contribution in [0.4, 0.5) is 23.5 Å². The summed E-state index contributed by atoms with van der Waals surface area (Å²) < 4.78 is 7.38. The first kappa shape index (κ1) is 19.1. The summed E-state index contributed by atoms with van der Waals surface area (Å²) in [6.45, 7) is 9.76. The average molecular weight is 430 g/mol. The lowest BCUT2D eigenvalue weighted by atomic mass is 9.71. The molecule has 0 radical (unpaired) electrons. The van der Waals surface area contributed by atoms with Crippen LogP contribution in [0.2, 0.25) is 5.02 Å². The van der Waals surface area contributed by atoms with E-state index in [1.165, 1.54) is 0 Å². The Morgan fingerprint density at radius 2 is 1.77 bits per heavy atom. The van der Waals surface area contributed by atoms with Gasteiger partial charge in [-0.2, -0.15) is 10.1 Å². The number of halogens is 1. The molecule has 2 aliphatic heterocycles. The molecule has 2 aliphatic rings. The van der Waals surface area contributed by atoms with Gasteiger partial charge in [-0.05, 0) is 0 Å². The van der Waals surface area contributed by atoms with Crippen LogP contribution in [0.5, 0.6) is 0 Å². The van der Waals surface area contributed by atoms with Gasteiger partial charge in [0.15, 0.2) is 5.82 Å². The zero-order valence-corrected chi connectivity index (χ0v) is 18.2. The highest BCUT2D eigenvalue weighted by Crippen LogP contribution is 2.53. The van der Waals surface area contributed by atoms with Crippen LogP contribution in [-0.4, -0.2) is 56.1 Å². The largest absolute Gasteiger partial charge is 0.408 e. The topological polar surface area (TPSA) is 101 Å². The third-order valence-corrected chi connectivity index (χ3v) is 6.66. The summed E-state index contributed by atoms with van der Waals surface area (Å²) in [5, 5.41) is 16.1. The molecule has 3 aromatic rings. The SMILES string of the molecule is Cc1nnc(N2CC3(C)CN(c4nc(Nc5cnn(C)c5)ncc4Cl)CC3(C)C2)o1. The second kappa shape index (κ2) is 6.56. The fourth-order valence-corrected chi connectivity index (χ4v) is 4.82. The lowest BCUT2D eigenvalue weighted by Gasteiger charge is -2.29. The lowest BCUT2D eigenvalue weighted by molar-refractivity contribution is 0.212. The minimum atomic E-state index is 0.0284. The number of rotatable bonds is 4. The molecule has 0 aliphatic carbocycles. The number of fused-ring (bicyclic) bond motifs is 1. The molecule has 0 bridgehead atoms. The van der Waals surface area contributed by atoms with Crippen molar-refractivity contribution in [2.45, 2.75) is 20.8 Å². The summed E-state index contributed by atoms with van der Waals surface area (Å²) in [5.74, 6) is 1.83. The van der Waals surface area contributed by atoms with Crippen LogP contribution < -0.4 is 15.1 Å². The molecule has 0 spiro atoms. The summed E-state index contributed by atoms with van der Waals surface area (Å²) in [6.07, 6.45) is 5.25. The van der Waals surface area contributed by atoms with E-state index < -0.39 is 0 Å². The maximum absolute atomic E-state index is 6.50. The van der Waals surface area contributed by atoms with Crippen molar-refractivity contribution in [3.05, 3.63) is 29.5 Å². The molecule has 10 nitrogen and oxygen atoms in total. The summed E-state index contributed by atoms with van der Waals surface area (Å²) >= 11 is 6.50. The molecule has 2 saturated heterocycles. The van der Waals surface area contributed by atoms with Crippen molar-refractivity contribution in [1.29, 1.82) is 0 Å². The second-order valence-corrected chi connectivity index (χ2v) is 9.24. The number of hydrogen-bond donors (Lipinski definition) is 1. The Morgan fingerprint density at radius 3 is 2.37 bits per heavy atom. The highest BCUT2D eigenvalue weighted by Gasteiger charge is 2.58. The Labute approximate surface area is 179 Å². The molecule has 0 amide bonds. The number of aromatic nitrogens is 6. The van der Waals surface area contributed by atoms with Crippen molar-refractivity contribution in [2.75, 3.05) is 41.3 Å². The van der Waals surface area contributed by atoms with E-state index in [1.54, 1.807) is 17.1 Å². The van der Waals surface area contributed by atoms with Gasteiger partial charge in [-0.25, -0.2) is 4.98 Å². The van der Waals surface area contributed by atoms with Crippen molar-refractivity contribution in [1.82, 2.24) is 29.9 Å². The quantitative estimate of drug-likeness (QED) is 0.670. The van der Waals surface area contributed by atoms with Gasteiger partial charge in [0.2, 0.25) is 11.8 Å². The van der Waals surface area contributed by atoms with Gasteiger partial charge in [-0.3, -0.25) is 4.68 Å². The third kappa shape index (κ3) is 3.06. The molecule has 2 unspecified atom stereocenters. The van der Waals surface area contributed by atoms with Crippen LogP contribution in [0, 0.1) is 17.8 Å². The molecular weight excluding hydrogens is 406 g/mol. The first-order valence-electron chi connectivity index (χ1n) is 9.83. The fourth-order valence-electron chi connectivity index (χ4n) is 4.61. The Hall–Kier alpha value is -2.88. The minimum absolute atomic E-state index is 0.0284. The molecule has 2 fully saturated rings. The molecule has 0 saturated carbocycles. The van der Waals surface area contributed by atoms with Gasteiger partial charge in [0.1, 0.15) is 5.02 Å². The monoisotopic (exact) mass is 429 g/mol. The molecule has 5 heterocycles. The summed E-state index contributed by atoms with van der Waals surface area (Å²) in [5.41, 5.74) is 0.884. The van der Waals surface area contributed by atoms with E-state index in [0.717, 1.165) is 37.7 Å². The summed E-state index contributed by atoms with van der Waals surface area (Å²) in [7, 11) is 1.86. The lowest BCUT2D eigenvalue weighted by Crippen LogP contribution is -2.34. The Kier molecular flexibility index (Phi) is 4.18. The maximum Gasteiger partial charge on any atom is 0.318 e. The predicted molar refractivity (Wildman–Crippen MR) is 113 cm³/mol. The Morgan fingerprint density at radius 1 is 1.07 bits per heavy atom. The molecular formula is C19H24ClN9O. The number of aryl methyl sites for hydroxylation is 2. The zero-order valence-electron chi connectivity index (χ0n) is 17.4. The number of nitrogens with one attached hydrogen (secondary N) is 1. The average Bonchev–Trinajstić information content (AvgIpc) is 3.39. The number of hydrogen-bond acceptors (Lipinski definition) is 9. The Bertz CT molecular complexity index is 1080. The van der Waals surface area contributed by atoms with E-state index in [1.807, 2.05) is 20.2 Å². The van der Waals surface area contributed by atoms with Crippen molar-refractivity contribution < 1.29 is 4.42 Å². The van der Waals surface area contributed by atoms with Gasteiger partial charge in [-0.15, -0.1) is 5.10 Å². The van der Waals surface area contributed by atoms with E-state index in [9.17, 15) is 0 Å². The highest BCUT2D eigenvalue weighted by molar-refractivity contribution is 6.32. The highest BCUT2D eigenvalue weighted by atomic mass is 35.5. The van der Waals surface area contributed by atoms with Crippen LogP contribution in [-0.2, 0) is 7.05 Å². The van der Waals surface area contributed by atoms with Gasteiger partial charge < -0.3 is 19.5 Å². The van der Waals surface area contributed by atoms with Gasteiger partial charge in [-0.1, -0.05) is 30.5 Å². The smallest absolute Gasteiger partial charge is 0.318 e. The minimum Gasteiger partial charge on any atom is -0.408 e. The van der Waals surface area contributed by atoms with Crippen molar-refractivity contribution >= 4 is 35.1 Å². The van der Waals surface area contributed by atoms with E-state index >= 15 is 0 Å². The van der Waals surface area contributed by atoms with Crippen molar-refractivity contribution in [3.8, 4) is 0 Å². The first-order valence-corrected chi connectivity index (χ1v) is 10.2. The third-order valence-electron chi connectivity index (χ3n) is 6.39. The van der Waals surface area contributed by atoms with E-state index in [-0.39, 0.29) is 10.8 Å². The molecule has 1 N–H and O–H groups in total. The zero-order chi connectivity index (χ0) is 21.1. The Balaban J connectivity index is 1.38.